The smallest absolute Gasteiger partial charge is 0.157 e. The fourth-order valence-corrected chi connectivity index (χ4v) is 3.78. The van der Waals surface area contributed by atoms with Crippen LogP contribution < -0.4 is 0 Å². The van der Waals surface area contributed by atoms with E-state index in [0.29, 0.717) is 5.75 Å². The predicted molar refractivity (Wildman–Crippen MR) is 52.2 cm³/mol. The highest BCUT2D eigenvalue weighted by atomic mass is 32.2. The molecule has 1 aliphatic rings. The highest BCUT2D eigenvalue weighted by molar-refractivity contribution is 7.91. The molecule has 0 aromatic heterocycles. The van der Waals surface area contributed by atoms with Crippen LogP contribution in [0.4, 0.5) is 0 Å². The molecular weight excluding hydrogens is 184 g/mol. The van der Waals surface area contributed by atoms with Crippen molar-refractivity contribution in [2.45, 2.75) is 18.1 Å². The zero-order valence-corrected chi connectivity index (χ0v) is 8.13. The van der Waals surface area contributed by atoms with Crippen LogP contribution in [0, 0.1) is 0 Å². The fourth-order valence-electron chi connectivity index (χ4n) is 1.83. The largest absolute Gasteiger partial charge is 0.228 e. The number of hydrogen-bond donors (Lipinski definition) is 0. The monoisotopic (exact) mass is 196 g/mol. The van der Waals surface area contributed by atoms with Crippen molar-refractivity contribution in [1.82, 2.24) is 0 Å². The Kier molecular flexibility index (Phi) is 2.12. The van der Waals surface area contributed by atoms with E-state index in [0.717, 1.165) is 18.4 Å². The molecule has 0 bridgehead atoms. The van der Waals surface area contributed by atoms with Crippen LogP contribution in [0.25, 0.3) is 0 Å². The van der Waals surface area contributed by atoms with Gasteiger partial charge in [0, 0.05) is 0 Å². The van der Waals surface area contributed by atoms with Crippen LogP contribution in [0.1, 0.15) is 23.7 Å². The number of sulfone groups is 1. The van der Waals surface area contributed by atoms with E-state index in [9.17, 15) is 8.42 Å². The van der Waals surface area contributed by atoms with Gasteiger partial charge in [0.25, 0.3) is 0 Å². The van der Waals surface area contributed by atoms with Gasteiger partial charge >= 0.3 is 0 Å². The van der Waals surface area contributed by atoms with Gasteiger partial charge in [-0.15, -0.1) is 0 Å². The lowest BCUT2D eigenvalue weighted by Crippen LogP contribution is -2.07. The molecule has 0 N–H and O–H groups in total. The van der Waals surface area contributed by atoms with Gasteiger partial charge in [0.1, 0.15) is 0 Å². The minimum Gasteiger partial charge on any atom is -0.228 e. The lowest BCUT2D eigenvalue weighted by atomic mass is 10.1. The molecule has 70 valence electrons. The Morgan fingerprint density at radius 2 is 1.85 bits per heavy atom. The highest BCUT2D eigenvalue weighted by Gasteiger charge is 2.32. The summed E-state index contributed by atoms with van der Waals surface area (Å²) in [5.41, 5.74) is 0.944. The zero-order chi connectivity index (χ0) is 9.31. The summed E-state index contributed by atoms with van der Waals surface area (Å²) in [6, 6.07) is 9.48. The van der Waals surface area contributed by atoms with Crippen molar-refractivity contribution in [3.63, 3.8) is 0 Å². The number of rotatable bonds is 1. The van der Waals surface area contributed by atoms with Crippen molar-refractivity contribution >= 4 is 9.84 Å². The summed E-state index contributed by atoms with van der Waals surface area (Å²) in [5, 5.41) is -0.242. The summed E-state index contributed by atoms with van der Waals surface area (Å²) < 4.78 is 23.1. The van der Waals surface area contributed by atoms with E-state index in [-0.39, 0.29) is 5.25 Å². The van der Waals surface area contributed by atoms with Gasteiger partial charge in [0.2, 0.25) is 0 Å². The Balaban J connectivity index is 2.38. The van der Waals surface area contributed by atoms with Gasteiger partial charge in [-0.1, -0.05) is 30.3 Å². The van der Waals surface area contributed by atoms with Crippen molar-refractivity contribution in [3.8, 4) is 0 Å². The Morgan fingerprint density at radius 1 is 1.15 bits per heavy atom. The first kappa shape index (κ1) is 8.75. The third-order valence-electron chi connectivity index (χ3n) is 2.50. The van der Waals surface area contributed by atoms with Gasteiger partial charge in [-0.25, -0.2) is 8.42 Å². The fraction of sp³-hybridized carbons (Fsp3) is 0.400. The van der Waals surface area contributed by atoms with Gasteiger partial charge in [-0.2, -0.15) is 0 Å². The maximum Gasteiger partial charge on any atom is 0.157 e. The van der Waals surface area contributed by atoms with Gasteiger partial charge in [0.05, 0.1) is 11.0 Å². The molecule has 2 nitrogen and oxygen atoms in total. The molecule has 0 radical (unpaired) electrons. The first-order valence-corrected chi connectivity index (χ1v) is 6.18. The van der Waals surface area contributed by atoms with Crippen molar-refractivity contribution in [1.29, 1.82) is 0 Å². The Labute approximate surface area is 78.5 Å². The van der Waals surface area contributed by atoms with Crippen LogP contribution in [0.2, 0.25) is 0 Å². The molecule has 1 aliphatic heterocycles. The molecule has 13 heavy (non-hydrogen) atoms. The summed E-state index contributed by atoms with van der Waals surface area (Å²) in [6.07, 6.45) is 1.59. The van der Waals surface area contributed by atoms with E-state index >= 15 is 0 Å². The second kappa shape index (κ2) is 3.14. The minimum atomic E-state index is -2.84. The Bertz CT molecular complexity index is 381. The van der Waals surface area contributed by atoms with Gasteiger partial charge in [-0.05, 0) is 18.4 Å². The summed E-state index contributed by atoms with van der Waals surface area (Å²) in [4.78, 5) is 0. The lowest BCUT2D eigenvalue weighted by molar-refractivity contribution is 0.592. The first-order chi connectivity index (χ1) is 6.20. The van der Waals surface area contributed by atoms with Gasteiger partial charge in [-0.3, -0.25) is 0 Å². The van der Waals surface area contributed by atoms with E-state index in [1.807, 2.05) is 30.3 Å². The molecule has 1 aromatic rings. The molecule has 1 saturated heterocycles. The average molecular weight is 196 g/mol. The van der Waals surface area contributed by atoms with Crippen LogP contribution in [-0.4, -0.2) is 14.2 Å². The Hall–Kier alpha value is -0.830. The van der Waals surface area contributed by atoms with Crippen LogP contribution in [0.15, 0.2) is 30.3 Å². The van der Waals surface area contributed by atoms with E-state index < -0.39 is 9.84 Å². The molecule has 0 spiro atoms. The molecule has 0 amide bonds. The molecule has 1 atom stereocenters. The third kappa shape index (κ3) is 1.61. The van der Waals surface area contributed by atoms with Crippen molar-refractivity contribution < 1.29 is 8.42 Å². The number of benzene rings is 1. The maximum absolute atomic E-state index is 11.6. The second-order valence-corrected chi connectivity index (χ2v) is 5.71. The highest BCUT2D eigenvalue weighted by Crippen LogP contribution is 2.33. The lowest BCUT2D eigenvalue weighted by Gasteiger charge is -2.08. The first-order valence-electron chi connectivity index (χ1n) is 4.47. The maximum atomic E-state index is 11.6. The predicted octanol–water partition coefficient (Wildman–Crippen LogP) is 1.94. The SMILES string of the molecule is O=S1(=O)CCCC1c1ccccc1. The van der Waals surface area contributed by atoms with Gasteiger partial charge < -0.3 is 0 Å². The summed E-state index contributed by atoms with van der Waals surface area (Å²) in [5.74, 6) is 0.354. The molecule has 3 heteroatoms. The van der Waals surface area contributed by atoms with Crippen LogP contribution >= 0.6 is 0 Å². The summed E-state index contributed by atoms with van der Waals surface area (Å²) in [6.45, 7) is 0. The topological polar surface area (TPSA) is 34.1 Å². The molecule has 2 rings (SSSR count). The zero-order valence-electron chi connectivity index (χ0n) is 7.31. The van der Waals surface area contributed by atoms with Crippen LogP contribution in [0.5, 0.6) is 0 Å². The molecule has 0 saturated carbocycles. The standard InChI is InChI=1S/C10H12O2S/c11-13(12)8-4-7-10(13)9-5-2-1-3-6-9/h1-3,5-6,10H,4,7-8H2. The average Bonchev–Trinajstić information content (AvgIpc) is 2.47. The molecule has 1 heterocycles. The Morgan fingerprint density at radius 3 is 2.38 bits per heavy atom. The van der Waals surface area contributed by atoms with Crippen LogP contribution in [-0.2, 0) is 9.84 Å². The summed E-state index contributed by atoms with van der Waals surface area (Å²) >= 11 is 0. The van der Waals surface area contributed by atoms with E-state index in [1.165, 1.54) is 0 Å². The van der Waals surface area contributed by atoms with Crippen molar-refractivity contribution in [2.24, 2.45) is 0 Å². The third-order valence-corrected chi connectivity index (χ3v) is 4.73. The van der Waals surface area contributed by atoms with Crippen LogP contribution in [0.3, 0.4) is 0 Å². The molecule has 0 aliphatic carbocycles. The molecular formula is C10H12O2S. The van der Waals surface area contributed by atoms with Crippen molar-refractivity contribution in [3.05, 3.63) is 35.9 Å². The normalized spacial score (nSPS) is 26.0. The molecule has 1 aromatic carbocycles. The number of hydrogen-bond acceptors (Lipinski definition) is 2. The van der Waals surface area contributed by atoms with E-state index in [2.05, 4.69) is 0 Å². The molecule has 1 unspecified atom stereocenters. The summed E-state index contributed by atoms with van der Waals surface area (Å²) in [7, 11) is -2.84. The van der Waals surface area contributed by atoms with E-state index in [4.69, 9.17) is 0 Å². The quantitative estimate of drug-likeness (QED) is 0.688. The minimum absolute atomic E-state index is 0.242. The second-order valence-electron chi connectivity index (χ2n) is 3.41. The van der Waals surface area contributed by atoms with Gasteiger partial charge in [0.15, 0.2) is 9.84 Å². The van der Waals surface area contributed by atoms with E-state index in [1.54, 1.807) is 0 Å². The molecule has 1 fully saturated rings. The van der Waals surface area contributed by atoms with Crippen molar-refractivity contribution in [2.75, 3.05) is 5.75 Å².